The van der Waals surface area contributed by atoms with Gasteiger partial charge in [-0.1, -0.05) is 19.4 Å². The number of nitrogens with one attached hydrogen (secondary N) is 2. The van der Waals surface area contributed by atoms with Crippen molar-refractivity contribution < 1.29 is 0 Å². The topological polar surface area (TPSA) is 82.9 Å². The zero-order valence-corrected chi connectivity index (χ0v) is 14.5. The van der Waals surface area contributed by atoms with Crippen molar-refractivity contribution in [2.45, 2.75) is 32.2 Å². The Morgan fingerprint density at radius 2 is 2.20 bits per heavy atom. The van der Waals surface area contributed by atoms with Crippen LogP contribution >= 0.6 is 0 Å². The first-order chi connectivity index (χ1) is 12.2. The lowest BCUT2D eigenvalue weighted by Crippen LogP contribution is -2.27. The van der Waals surface area contributed by atoms with Crippen molar-refractivity contribution in [2.24, 2.45) is 5.73 Å². The monoisotopic (exact) mass is 336 g/mol. The molecule has 0 bridgehead atoms. The van der Waals surface area contributed by atoms with Gasteiger partial charge in [0.25, 0.3) is 0 Å². The van der Waals surface area contributed by atoms with E-state index in [2.05, 4.69) is 57.4 Å². The average Bonchev–Trinajstić information content (AvgIpc) is 3.23. The first-order valence-corrected chi connectivity index (χ1v) is 8.94. The number of nitrogens with zero attached hydrogens (tertiary/aromatic N) is 3. The lowest BCUT2D eigenvalue weighted by Gasteiger charge is -2.19. The molecule has 2 aromatic heterocycles. The molecule has 1 aromatic carbocycles. The second-order valence-electron chi connectivity index (χ2n) is 6.69. The van der Waals surface area contributed by atoms with Crippen LogP contribution in [0.2, 0.25) is 0 Å². The molecule has 1 aliphatic heterocycles. The fraction of sp³-hybridized carbons (Fsp3) is 0.368. The van der Waals surface area contributed by atoms with E-state index in [4.69, 9.17) is 10.7 Å². The maximum atomic E-state index is 6.06. The normalized spacial score (nSPS) is 17.4. The Hall–Kier alpha value is -2.60. The number of nitrogens with two attached hydrogens (primary N) is 1. The summed E-state index contributed by atoms with van der Waals surface area (Å²) in [6, 6.07) is 10.6. The molecule has 1 fully saturated rings. The molecule has 0 amide bonds. The molecule has 1 unspecified atom stereocenters. The van der Waals surface area contributed by atoms with Gasteiger partial charge in [0.05, 0.1) is 0 Å². The van der Waals surface area contributed by atoms with Crippen LogP contribution in [0.25, 0.3) is 10.9 Å². The third-order valence-electron chi connectivity index (χ3n) is 4.63. The summed E-state index contributed by atoms with van der Waals surface area (Å²) in [5.41, 5.74) is 9.20. The molecule has 4 rings (SSSR count). The van der Waals surface area contributed by atoms with Crippen LogP contribution in [-0.2, 0) is 6.42 Å². The molecule has 0 spiro atoms. The number of benzene rings is 1. The highest BCUT2D eigenvalue weighted by Crippen LogP contribution is 2.24. The largest absolute Gasteiger partial charge is 0.361 e. The van der Waals surface area contributed by atoms with Crippen LogP contribution in [0.5, 0.6) is 0 Å². The molecule has 6 heteroatoms. The Balaban J connectivity index is 1.63. The second-order valence-corrected chi connectivity index (χ2v) is 6.69. The number of anilines is 3. The molecular weight excluding hydrogens is 312 g/mol. The van der Waals surface area contributed by atoms with E-state index in [0.717, 1.165) is 55.1 Å². The van der Waals surface area contributed by atoms with Crippen LogP contribution in [0.3, 0.4) is 0 Å². The van der Waals surface area contributed by atoms with Crippen LogP contribution in [-0.4, -0.2) is 34.1 Å². The fourth-order valence-electron chi connectivity index (χ4n) is 3.34. The number of H-pyrrole nitrogens is 1. The zero-order chi connectivity index (χ0) is 17.2. The van der Waals surface area contributed by atoms with E-state index in [-0.39, 0.29) is 6.04 Å². The molecule has 0 radical (unpaired) electrons. The Kier molecular flexibility index (Phi) is 4.28. The van der Waals surface area contributed by atoms with Crippen molar-refractivity contribution in [1.29, 1.82) is 0 Å². The third kappa shape index (κ3) is 3.44. The lowest BCUT2D eigenvalue weighted by atomic mass is 10.2. The summed E-state index contributed by atoms with van der Waals surface area (Å²) in [5, 5.41) is 4.55. The van der Waals surface area contributed by atoms with E-state index in [0.29, 0.717) is 5.95 Å². The maximum Gasteiger partial charge on any atom is 0.229 e. The van der Waals surface area contributed by atoms with E-state index < -0.39 is 0 Å². The smallest absolute Gasteiger partial charge is 0.229 e. The Bertz CT molecular complexity index is 871. The maximum absolute atomic E-state index is 6.06. The zero-order valence-electron chi connectivity index (χ0n) is 14.5. The van der Waals surface area contributed by atoms with Crippen molar-refractivity contribution >= 4 is 28.4 Å². The van der Waals surface area contributed by atoms with Gasteiger partial charge in [0.15, 0.2) is 0 Å². The van der Waals surface area contributed by atoms with Crippen LogP contribution in [0.4, 0.5) is 17.5 Å². The molecule has 130 valence electrons. The number of hydrogen-bond donors (Lipinski definition) is 3. The molecule has 6 nitrogen and oxygen atoms in total. The van der Waals surface area contributed by atoms with E-state index in [1.807, 2.05) is 6.20 Å². The summed E-state index contributed by atoms with van der Waals surface area (Å²) in [5.74, 6) is 1.61. The Labute approximate surface area is 147 Å². The minimum atomic E-state index is 0.233. The quantitative estimate of drug-likeness (QED) is 0.666. The van der Waals surface area contributed by atoms with Crippen LogP contribution in [0.1, 0.15) is 25.5 Å². The molecule has 4 N–H and O–H groups in total. The molecule has 3 heterocycles. The summed E-state index contributed by atoms with van der Waals surface area (Å²) in [6.45, 7) is 3.98. The van der Waals surface area contributed by atoms with Crippen LogP contribution < -0.4 is 16.0 Å². The van der Waals surface area contributed by atoms with Gasteiger partial charge in [-0.3, -0.25) is 0 Å². The van der Waals surface area contributed by atoms with Crippen molar-refractivity contribution in [1.82, 2.24) is 15.0 Å². The standard InChI is InChI=1S/C19H24N6/c1-2-3-15-11-18(25-9-7-14(20)12-25)24-19(22-15)23-16-5-4-13-6-8-21-17(13)10-16/h4-6,8,10-11,14,21H,2-3,7,9,12,20H2,1H3,(H,22,23,24). The first-order valence-electron chi connectivity index (χ1n) is 8.94. The Morgan fingerprint density at radius 1 is 1.28 bits per heavy atom. The summed E-state index contributed by atoms with van der Waals surface area (Å²) >= 11 is 0. The van der Waals surface area contributed by atoms with Crippen molar-refractivity contribution in [3.05, 3.63) is 42.2 Å². The highest BCUT2D eigenvalue weighted by Gasteiger charge is 2.21. The molecule has 1 saturated heterocycles. The molecule has 1 atom stereocenters. The predicted octanol–water partition coefficient (Wildman–Crippen LogP) is 3.19. The SMILES string of the molecule is CCCc1cc(N2CCC(N)C2)nc(Nc2ccc3cc[nH]c3c2)n1. The van der Waals surface area contributed by atoms with Gasteiger partial charge >= 0.3 is 0 Å². The number of hydrogen-bond acceptors (Lipinski definition) is 5. The van der Waals surface area contributed by atoms with Gasteiger partial charge in [-0.25, -0.2) is 4.98 Å². The molecule has 25 heavy (non-hydrogen) atoms. The third-order valence-corrected chi connectivity index (χ3v) is 4.63. The van der Waals surface area contributed by atoms with Crippen molar-refractivity contribution in [3.63, 3.8) is 0 Å². The van der Waals surface area contributed by atoms with Gasteiger partial charge in [0, 0.05) is 48.3 Å². The Morgan fingerprint density at radius 3 is 3.00 bits per heavy atom. The summed E-state index contributed by atoms with van der Waals surface area (Å²) < 4.78 is 0. The molecule has 0 saturated carbocycles. The molecular formula is C19H24N6. The fourth-order valence-corrected chi connectivity index (χ4v) is 3.34. The van der Waals surface area contributed by atoms with Crippen LogP contribution in [0.15, 0.2) is 36.5 Å². The summed E-state index contributed by atoms with van der Waals surface area (Å²) in [7, 11) is 0. The van der Waals surface area contributed by atoms with Gasteiger partial charge < -0.3 is 20.9 Å². The van der Waals surface area contributed by atoms with Gasteiger partial charge in [0.2, 0.25) is 5.95 Å². The highest BCUT2D eigenvalue weighted by molar-refractivity contribution is 5.83. The molecule has 0 aliphatic carbocycles. The molecule has 3 aromatic rings. The minimum absolute atomic E-state index is 0.233. The molecule has 1 aliphatic rings. The first kappa shape index (κ1) is 15.9. The van der Waals surface area contributed by atoms with Crippen LogP contribution in [0, 0.1) is 0 Å². The number of fused-ring (bicyclic) bond motifs is 1. The van der Waals surface area contributed by atoms with Gasteiger partial charge in [-0.05, 0) is 36.4 Å². The van der Waals surface area contributed by atoms with E-state index in [1.54, 1.807) is 0 Å². The summed E-state index contributed by atoms with van der Waals surface area (Å²) in [6.07, 6.45) is 4.96. The van der Waals surface area contributed by atoms with E-state index in [1.165, 1.54) is 5.39 Å². The van der Waals surface area contributed by atoms with Crippen molar-refractivity contribution in [3.8, 4) is 0 Å². The van der Waals surface area contributed by atoms with Gasteiger partial charge in [-0.15, -0.1) is 0 Å². The average molecular weight is 336 g/mol. The minimum Gasteiger partial charge on any atom is -0.361 e. The van der Waals surface area contributed by atoms with Crippen molar-refractivity contribution in [2.75, 3.05) is 23.3 Å². The predicted molar refractivity (Wildman–Crippen MR) is 102 cm³/mol. The van der Waals surface area contributed by atoms with E-state index >= 15 is 0 Å². The lowest BCUT2D eigenvalue weighted by molar-refractivity contribution is 0.751. The van der Waals surface area contributed by atoms with Gasteiger partial charge in [0.1, 0.15) is 5.82 Å². The number of rotatable bonds is 5. The number of aromatic nitrogens is 3. The van der Waals surface area contributed by atoms with Gasteiger partial charge in [-0.2, -0.15) is 4.98 Å². The highest BCUT2D eigenvalue weighted by atomic mass is 15.2. The van der Waals surface area contributed by atoms with E-state index in [9.17, 15) is 0 Å². The number of aryl methyl sites for hydroxylation is 1. The second kappa shape index (κ2) is 6.72. The summed E-state index contributed by atoms with van der Waals surface area (Å²) in [4.78, 5) is 14.9. The number of aromatic amines is 1.